The maximum atomic E-state index is 11.6. The summed E-state index contributed by atoms with van der Waals surface area (Å²) in [5, 5.41) is 3.29. The first-order valence-electron chi connectivity index (χ1n) is 9.49. The number of amides is 1. The second-order valence-electron chi connectivity index (χ2n) is 7.02. The van der Waals surface area contributed by atoms with Gasteiger partial charge in [0.05, 0.1) is 18.8 Å². The minimum Gasteiger partial charge on any atom is -0.376 e. The van der Waals surface area contributed by atoms with Crippen LogP contribution in [0.15, 0.2) is 4.99 Å². The van der Waals surface area contributed by atoms with Crippen LogP contribution in [0.3, 0.4) is 0 Å². The van der Waals surface area contributed by atoms with E-state index in [1.54, 1.807) is 26.0 Å². The third-order valence-electron chi connectivity index (χ3n) is 4.87. The standard InChI is InChI=1S/C18H34N4O3/c1-19-18(20-10-7-17(23)21(2)3)22-11-8-15(9-12-22)25-14-16-6-4-5-13-24-16/h15-16H,4-14H2,1-3H3,(H,19,20). The van der Waals surface area contributed by atoms with Gasteiger partial charge in [-0.25, -0.2) is 0 Å². The molecule has 0 aliphatic carbocycles. The Kier molecular flexibility index (Phi) is 8.48. The van der Waals surface area contributed by atoms with Gasteiger partial charge in [-0.15, -0.1) is 0 Å². The highest BCUT2D eigenvalue weighted by Gasteiger charge is 2.23. The Morgan fingerprint density at radius 3 is 2.64 bits per heavy atom. The fourth-order valence-electron chi connectivity index (χ4n) is 3.25. The maximum Gasteiger partial charge on any atom is 0.223 e. The van der Waals surface area contributed by atoms with Crippen LogP contribution in [-0.4, -0.2) is 87.9 Å². The molecule has 2 heterocycles. The van der Waals surface area contributed by atoms with Crippen LogP contribution in [0.5, 0.6) is 0 Å². The Balaban J connectivity index is 1.64. The minimum atomic E-state index is 0.125. The van der Waals surface area contributed by atoms with E-state index < -0.39 is 0 Å². The molecule has 2 rings (SSSR count). The number of nitrogens with zero attached hydrogens (tertiary/aromatic N) is 3. The van der Waals surface area contributed by atoms with E-state index in [0.717, 1.165) is 51.5 Å². The van der Waals surface area contributed by atoms with Crippen LogP contribution in [-0.2, 0) is 14.3 Å². The molecule has 1 unspecified atom stereocenters. The topological polar surface area (TPSA) is 66.4 Å². The number of carbonyl (C=O) groups is 1. The molecule has 2 aliphatic heterocycles. The van der Waals surface area contributed by atoms with Gasteiger partial charge in [-0.2, -0.15) is 0 Å². The van der Waals surface area contributed by atoms with Crippen LogP contribution in [0, 0.1) is 0 Å². The van der Waals surface area contributed by atoms with Crippen LogP contribution in [0.25, 0.3) is 0 Å². The normalized spacial score (nSPS) is 22.8. The van der Waals surface area contributed by atoms with Gasteiger partial charge in [0, 0.05) is 53.8 Å². The fraction of sp³-hybridized carbons (Fsp3) is 0.889. The number of hydrogen-bond acceptors (Lipinski definition) is 4. The lowest BCUT2D eigenvalue weighted by atomic mass is 10.1. The molecule has 0 aromatic rings. The van der Waals surface area contributed by atoms with Gasteiger partial charge in [0.1, 0.15) is 0 Å². The predicted molar refractivity (Wildman–Crippen MR) is 98.8 cm³/mol. The van der Waals surface area contributed by atoms with Crippen LogP contribution < -0.4 is 5.32 Å². The Morgan fingerprint density at radius 2 is 2.04 bits per heavy atom. The van der Waals surface area contributed by atoms with E-state index in [4.69, 9.17) is 9.47 Å². The fourth-order valence-corrected chi connectivity index (χ4v) is 3.25. The molecule has 0 bridgehead atoms. The van der Waals surface area contributed by atoms with E-state index >= 15 is 0 Å². The highest BCUT2D eigenvalue weighted by Crippen LogP contribution is 2.17. The molecule has 2 aliphatic rings. The van der Waals surface area contributed by atoms with Gasteiger partial charge >= 0.3 is 0 Å². The van der Waals surface area contributed by atoms with Crippen molar-refractivity contribution >= 4 is 11.9 Å². The molecule has 0 saturated carbocycles. The van der Waals surface area contributed by atoms with Gasteiger partial charge in [-0.1, -0.05) is 0 Å². The lowest BCUT2D eigenvalue weighted by Gasteiger charge is -2.35. The largest absolute Gasteiger partial charge is 0.376 e. The van der Waals surface area contributed by atoms with E-state index in [9.17, 15) is 4.79 Å². The highest BCUT2D eigenvalue weighted by atomic mass is 16.5. The van der Waals surface area contributed by atoms with Crippen LogP contribution >= 0.6 is 0 Å². The molecule has 1 amide bonds. The zero-order valence-corrected chi connectivity index (χ0v) is 16.0. The molecule has 2 fully saturated rings. The smallest absolute Gasteiger partial charge is 0.223 e. The van der Waals surface area contributed by atoms with Crippen molar-refractivity contribution in [3.63, 3.8) is 0 Å². The van der Waals surface area contributed by atoms with Crippen LogP contribution in [0.2, 0.25) is 0 Å². The van der Waals surface area contributed by atoms with Gasteiger partial charge in [-0.05, 0) is 32.1 Å². The van der Waals surface area contributed by atoms with Crippen molar-refractivity contribution in [2.45, 2.75) is 50.7 Å². The average Bonchev–Trinajstić information content (AvgIpc) is 2.64. The van der Waals surface area contributed by atoms with Gasteiger partial charge < -0.3 is 24.6 Å². The SMILES string of the molecule is CN=C(NCCC(=O)N(C)C)N1CCC(OCC2CCCCO2)CC1. The summed E-state index contributed by atoms with van der Waals surface area (Å²) < 4.78 is 11.8. The van der Waals surface area contributed by atoms with Crippen molar-refractivity contribution in [2.24, 2.45) is 4.99 Å². The summed E-state index contributed by atoms with van der Waals surface area (Å²) in [6.07, 6.45) is 6.65. The Bertz CT molecular complexity index is 428. The Hall–Kier alpha value is -1.34. The van der Waals surface area contributed by atoms with Gasteiger partial charge in [-0.3, -0.25) is 9.79 Å². The number of aliphatic imine (C=N–C) groups is 1. The summed E-state index contributed by atoms with van der Waals surface area (Å²) in [6, 6.07) is 0. The number of carbonyl (C=O) groups excluding carboxylic acids is 1. The molecule has 1 N–H and O–H groups in total. The van der Waals surface area contributed by atoms with Crippen LogP contribution in [0.4, 0.5) is 0 Å². The van der Waals surface area contributed by atoms with Gasteiger partial charge in [0.15, 0.2) is 5.96 Å². The van der Waals surface area contributed by atoms with E-state index in [-0.39, 0.29) is 12.0 Å². The van der Waals surface area contributed by atoms with Crippen LogP contribution in [0.1, 0.15) is 38.5 Å². The molecule has 0 aromatic heterocycles. The van der Waals surface area contributed by atoms with E-state index in [1.807, 2.05) is 0 Å². The van der Waals surface area contributed by atoms with Crippen molar-refractivity contribution in [2.75, 3.05) is 54.0 Å². The number of ether oxygens (including phenoxy) is 2. The maximum absolute atomic E-state index is 11.6. The molecule has 2 saturated heterocycles. The summed E-state index contributed by atoms with van der Waals surface area (Å²) >= 11 is 0. The van der Waals surface area contributed by atoms with Gasteiger partial charge in [0.2, 0.25) is 5.91 Å². The zero-order chi connectivity index (χ0) is 18.1. The number of rotatable bonds is 6. The molecular formula is C18H34N4O3. The number of nitrogens with one attached hydrogen (secondary N) is 1. The van der Waals surface area contributed by atoms with E-state index in [2.05, 4.69) is 15.2 Å². The Morgan fingerprint density at radius 1 is 1.28 bits per heavy atom. The molecule has 144 valence electrons. The predicted octanol–water partition coefficient (Wildman–Crippen LogP) is 1.09. The molecule has 7 nitrogen and oxygen atoms in total. The van der Waals surface area contributed by atoms with Crippen molar-refractivity contribution in [1.29, 1.82) is 0 Å². The first kappa shape index (κ1) is 20.0. The molecule has 0 spiro atoms. The van der Waals surface area contributed by atoms with Gasteiger partial charge in [0.25, 0.3) is 0 Å². The number of piperidine rings is 1. The zero-order valence-electron chi connectivity index (χ0n) is 16.0. The Labute approximate surface area is 151 Å². The molecular weight excluding hydrogens is 320 g/mol. The van der Waals surface area contributed by atoms with Crippen molar-refractivity contribution < 1.29 is 14.3 Å². The minimum absolute atomic E-state index is 0.125. The summed E-state index contributed by atoms with van der Waals surface area (Å²) in [7, 11) is 5.35. The third-order valence-corrected chi connectivity index (χ3v) is 4.87. The second-order valence-corrected chi connectivity index (χ2v) is 7.02. The average molecular weight is 354 g/mol. The van der Waals surface area contributed by atoms with Crippen molar-refractivity contribution in [3.8, 4) is 0 Å². The first-order chi connectivity index (χ1) is 12.1. The summed E-state index contributed by atoms with van der Waals surface area (Å²) in [6.45, 7) is 4.07. The molecule has 0 aromatic carbocycles. The summed E-state index contributed by atoms with van der Waals surface area (Å²) in [4.78, 5) is 19.8. The molecule has 25 heavy (non-hydrogen) atoms. The monoisotopic (exact) mass is 354 g/mol. The number of guanidine groups is 1. The van der Waals surface area contributed by atoms with Crippen molar-refractivity contribution in [1.82, 2.24) is 15.1 Å². The van der Waals surface area contributed by atoms with E-state index in [1.165, 1.54) is 12.8 Å². The lowest BCUT2D eigenvalue weighted by Crippen LogP contribution is -2.47. The summed E-state index contributed by atoms with van der Waals surface area (Å²) in [5.41, 5.74) is 0. The first-order valence-corrected chi connectivity index (χ1v) is 9.49. The molecule has 7 heteroatoms. The number of hydrogen-bond donors (Lipinski definition) is 1. The highest BCUT2D eigenvalue weighted by molar-refractivity contribution is 5.81. The van der Waals surface area contributed by atoms with E-state index in [0.29, 0.717) is 19.1 Å². The quantitative estimate of drug-likeness (QED) is 0.571. The third kappa shape index (κ3) is 6.82. The number of likely N-dealkylation sites (tertiary alicyclic amines) is 1. The molecule has 1 atom stereocenters. The lowest BCUT2D eigenvalue weighted by molar-refractivity contribution is -0.128. The molecule has 0 radical (unpaired) electrons. The van der Waals surface area contributed by atoms with Crippen molar-refractivity contribution in [3.05, 3.63) is 0 Å². The second kappa shape index (κ2) is 10.6. The summed E-state index contributed by atoms with van der Waals surface area (Å²) in [5.74, 6) is 1.00.